The number of aryl methyl sites for hydroxylation is 2. The molecule has 2 aliphatic carbocycles. The fourth-order valence-electron chi connectivity index (χ4n) is 5.28. The van der Waals surface area contributed by atoms with E-state index in [0.717, 1.165) is 52.2 Å². The van der Waals surface area contributed by atoms with Crippen LogP contribution < -0.4 is 9.47 Å². The molecule has 1 fully saturated rings. The molecule has 0 spiro atoms. The Balaban J connectivity index is 1.39. The normalized spacial score (nSPS) is 17.4. The van der Waals surface area contributed by atoms with Crippen molar-refractivity contribution in [2.45, 2.75) is 77.4 Å². The zero-order valence-corrected chi connectivity index (χ0v) is 21.2. The summed E-state index contributed by atoms with van der Waals surface area (Å²) in [6, 6.07) is 15.9. The van der Waals surface area contributed by atoms with Crippen molar-refractivity contribution in [2.75, 3.05) is 6.61 Å². The van der Waals surface area contributed by atoms with Gasteiger partial charge in [0.25, 0.3) is 0 Å². The SMILES string of the molecule is Cc1cc(OCCC(C)(C)O)cc(C)c1-c1ccc(F)c2c1CCC2Oc1ccc(C2CC2)cc1. The molecule has 0 saturated heterocycles. The molecular formula is C31H35FO3. The molecule has 0 radical (unpaired) electrons. The van der Waals surface area contributed by atoms with Gasteiger partial charge in [0, 0.05) is 12.0 Å². The van der Waals surface area contributed by atoms with E-state index in [1.165, 1.54) is 18.4 Å². The van der Waals surface area contributed by atoms with Crippen LogP contribution in [0, 0.1) is 19.7 Å². The van der Waals surface area contributed by atoms with Gasteiger partial charge in [0.05, 0.1) is 12.2 Å². The number of aliphatic hydroxyl groups is 1. The van der Waals surface area contributed by atoms with Crippen LogP contribution in [0.2, 0.25) is 0 Å². The molecule has 0 aliphatic heterocycles. The van der Waals surface area contributed by atoms with E-state index in [0.29, 0.717) is 24.5 Å². The Labute approximate surface area is 207 Å². The van der Waals surface area contributed by atoms with Gasteiger partial charge in [-0.15, -0.1) is 0 Å². The minimum Gasteiger partial charge on any atom is -0.493 e. The second kappa shape index (κ2) is 9.31. The smallest absolute Gasteiger partial charge is 0.130 e. The fourth-order valence-corrected chi connectivity index (χ4v) is 5.28. The predicted molar refractivity (Wildman–Crippen MR) is 138 cm³/mol. The van der Waals surface area contributed by atoms with Gasteiger partial charge in [-0.25, -0.2) is 4.39 Å². The molecule has 1 saturated carbocycles. The van der Waals surface area contributed by atoms with Gasteiger partial charge in [-0.1, -0.05) is 18.2 Å². The highest BCUT2D eigenvalue weighted by Crippen LogP contribution is 2.44. The lowest BCUT2D eigenvalue weighted by atomic mass is 9.90. The maximum absolute atomic E-state index is 15.1. The van der Waals surface area contributed by atoms with Crippen molar-refractivity contribution >= 4 is 0 Å². The number of fused-ring (bicyclic) bond motifs is 1. The minimum atomic E-state index is -0.753. The molecular weight excluding hydrogens is 439 g/mol. The van der Waals surface area contributed by atoms with E-state index >= 15 is 4.39 Å². The molecule has 1 atom stereocenters. The monoisotopic (exact) mass is 474 g/mol. The molecule has 3 aromatic rings. The lowest BCUT2D eigenvalue weighted by Crippen LogP contribution is -2.21. The molecule has 35 heavy (non-hydrogen) atoms. The number of rotatable bonds is 8. The lowest BCUT2D eigenvalue weighted by Gasteiger charge is -2.20. The third kappa shape index (κ3) is 5.23. The summed E-state index contributed by atoms with van der Waals surface area (Å²) in [5.41, 5.74) is 6.76. The van der Waals surface area contributed by atoms with Gasteiger partial charge in [-0.3, -0.25) is 0 Å². The highest BCUT2D eigenvalue weighted by Gasteiger charge is 2.31. The largest absolute Gasteiger partial charge is 0.493 e. The minimum absolute atomic E-state index is 0.192. The Hall–Kier alpha value is -2.85. The summed E-state index contributed by atoms with van der Waals surface area (Å²) >= 11 is 0. The zero-order valence-electron chi connectivity index (χ0n) is 21.2. The van der Waals surface area contributed by atoms with Crippen molar-refractivity contribution in [1.29, 1.82) is 0 Å². The second-order valence-electron chi connectivity index (χ2n) is 10.8. The van der Waals surface area contributed by atoms with Gasteiger partial charge in [0.2, 0.25) is 0 Å². The standard InChI is InChI=1S/C31H35FO3/c1-19-17-24(34-16-15-31(3,4)33)18-20(2)29(19)25-11-13-27(32)30-26(25)12-14-28(30)35-23-9-7-22(8-10-23)21-5-6-21/h7-11,13,17-18,21,28,33H,5-6,12,14-16H2,1-4H3. The molecule has 3 nitrogen and oxygen atoms in total. The van der Waals surface area contributed by atoms with Crippen LogP contribution in [-0.4, -0.2) is 17.3 Å². The van der Waals surface area contributed by atoms with Crippen LogP contribution in [0.4, 0.5) is 4.39 Å². The van der Waals surface area contributed by atoms with E-state index in [1.807, 2.05) is 30.3 Å². The van der Waals surface area contributed by atoms with Crippen LogP contribution in [0.1, 0.15) is 79.4 Å². The van der Waals surface area contributed by atoms with Crippen LogP contribution in [0.5, 0.6) is 11.5 Å². The van der Waals surface area contributed by atoms with Crippen molar-refractivity contribution in [3.63, 3.8) is 0 Å². The van der Waals surface area contributed by atoms with Crippen LogP contribution in [0.15, 0.2) is 48.5 Å². The maximum Gasteiger partial charge on any atom is 0.130 e. The van der Waals surface area contributed by atoms with Gasteiger partial charge in [-0.2, -0.15) is 0 Å². The molecule has 0 heterocycles. The van der Waals surface area contributed by atoms with Crippen LogP contribution in [-0.2, 0) is 6.42 Å². The second-order valence-corrected chi connectivity index (χ2v) is 10.8. The summed E-state index contributed by atoms with van der Waals surface area (Å²) in [6.45, 7) is 8.17. The summed E-state index contributed by atoms with van der Waals surface area (Å²) in [5.74, 6) is 2.11. The molecule has 1 N–H and O–H groups in total. The molecule has 0 bridgehead atoms. The molecule has 4 heteroatoms. The van der Waals surface area contributed by atoms with Crippen molar-refractivity contribution in [3.05, 3.63) is 82.2 Å². The number of halogens is 1. The van der Waals surface area contributed by atoms with Gasteiger partial charge in [0.15, 0.2) is 0 Å². The first kappa shape index (κ1) is 23.9. The number of hydrogen-bond acceptors (Lipinski definition) is 3. The first-order valence-corrected chi connectivity index (χ1v) is 12.7. The maximum atomic E-state index is 15.1. The summed E-state index contributed by atoms with van der Waals surface area (Å²) in [7, 11) is 0. The van der Waals surface area contributed by atoms with Crippen LogP contribution >= 0.6 is 0 Å². The van der Waals surface area contributed by atoms with Gasteiger partial charge in [-0.05, 0) is 123 Å². The molecule has 184 valence electrons. The van der Waals surface area contributed by atoms with Crippen molar-refractivity contribution in [1.82, 2.24) is 0 Å². The summed E-state index contributed by atoms with van der Waals surface area (Å²) < 4.78 is 27.3. The number of benzene rings is 3. The van der Waals surface area contributed by atoms with E-state index in [-0.39, 0.29) is 11.9 Å². The van der Waals surface area contributed by atoms with Gasteiger partial charge >= 0.3 is 0 Å². The average molecular weight is 475 g/mol. The van der Waals surface area contributed by atoms with Gasteiger partial charge in [0.1, 0.15) is 23.4 Å². The zero-order chi connectivity index (χ0) is 24.7. The number of ether oxygens (including phenoxy) is 2. The van der Waals surface area contributed by atoms with E-state index in [9.17, 15) is 5.11 Å². The molecule has 1 unspecified atom stereocenters. The third-order valence-electron chi connectivity index (χ3n) is 7.25. The Morgan fingerprint density at radius 3 is 2.26 bits per heavy atom. The molecule has 2 aliphatic rings. The topological polar surface area (TPSA) is 38.7 Å². The molecule has 0 amide bonds. The van der Waals surface area contributed by atoms with Crippen molar-refractivity contribution < 1.29 is 19.0 Å². The average Bonchev–Trinajstić information content (AvgIpc) is 3.55. The highest BCUT2D eigenvalue weighted by atomic mass is 19.1. The van der Waals surface area contributed by atoms with Crippen LogP contribution in [0.3, 0.4) is 0 Å². The molecule has 0 aromatic heterocycles. The number of hydrogen-bond donors (Lipinski definition) is 1. The first-order chi connectivity index (χ1) is 16.7. The summed E-state index contributed by atoms with van der Waals surface area (Å²) in [6.07, 6.45) is 4.39. The quantitative estimate of drug-likeness (QED) is 0.365. The van der Waals surface area contributed by atoms with E-state index < -0.39 is 5.60 Å². The van der Waals surface area contributed by atoms with Crippen molar-refractivity contribution in [3.8, 4) is 22.6 Å². The van der Waals surface area contributed by atoms with E-state index in [4.69, 9.17) is 9.47 Å². The van der Waals surface area contributed by atoms with Gasteiger partial charge < -0.3 is 14.6 Å². The summed E-state index contributed by atoms with van der Waals surface area (Å²) in [4.78, 5) is 0. The Bertz CT molecular complexity index is 1200. The predicted octanol–water partition coefficient (Wildman–Crippen LogP) is 7.59. The molecule has 3 aromatic carbocycles. The Morgan fingerprint density at radius 1 is 0.943 bits per heavy atom. The van der Waals surface area contributed by atoms with E-state index in [2.05, 4.69) is 26.0 Å². The summed E-state index contributed by atoms with van der Waals surface area (Å²) in [5, 5.41) is 9.94. The lowest BCUT2D eigenvalue weighted by molar-refractivity contribution is 0.0553. The van der Waals surface area contributed by atoms with Crippen LogP contribution in [0.25, 0.3) is 11.1 Å². The molecule has 5 rings (SSSR count). The Morgan fingerprint density at radius 2 is 1.63 bits per heavy atom. The van der Waals surface area contributed by atoms with Crippen molar-refractivity contribution in [2.24, 2.45) is 0 Å². The first-order valence-electron chi connectivity index (χ1n) is 12.7. The van der Waals surface area contributed by atoms with E-state index in [1.54, 1.807) is 19.9 Å². The highest BCUT2D eigenvalue weighted by molar-refractivity contribution is 5.76. The Kier molecular flexibility index (Phi) is 6.35. The fraction of sp³-hybridized carbons (Fsp3) is 0.419. The third-order valence-corrected chi connectivity index (χ3v) is 7.25.